The summed E-state index contributed by atoms with van der Waals surface area (Å²) in [7, 11) is 1.40. The van der Waals surface area contributed by atoms with Crippen molar-refractivity contribution in [3.8, 4) is 28.1 Å². The molecule has 38 heavy (non-hydrogen) atoms. The summed E-state index contributed by atoms with van der Waals surface area (Å²) in [6.07, 6.45) is 8.28. The summed E-state index contributed by atoms with van der Waals surface area (Å²) < 4.78 is 13.7. The van der Waals surface area contributed by atoms with E-state index in [-0.39, 0.29) is 16.8 Å². The Kier molecular flexibility index (Phi) is 5.71. The lowest BCUT2D eigenvalue weighted by molar-refractivity contribution is 0.0600. The van der Waals surface area contributed by atoms with Crippen LogP contribution in [0.4, 0.5) is 0 Å². The third-order valence-electron chi connectivity index (χ3n) is 8.46. The molecule has 2 aromatic heterocycles. The van der Waals surface area contributed by atoms with E-state index in [0.29, 0.717) is 18.7 Å². The molecule has 0 fully saturated rings. The Hall–Kier alpha value is -3.86. The van der Waals surface area contributed by atoms with Gasteiger partial charge in [0.1, 0.15) is 12.4 Å². The number of esters is 1. The maximum atomic E-state index is 12.0. The normalized spacial score (nSPS) is 16.6. The highest BCUT2D eigenvalue weighted by Crippen LogP contribution is 2.51. The van der Waals surface area contributed by atoms with Crippen molar-refractivity contribution in [2.45, 2.75) is 64.5 Å². The Morgan fingerprint density at radius 2 is 1.71 bits per heavy atom. The third kappa shape index (κ3) is 4.01. The Morgan fingerprint density at radius 3 is 2.37 bits per heavy atom. The third-order valence-corrected chi connectivity index (χ3v) is 8.46. The van der Waals surface area contributed by atoms with Gasteiger partial charge in [-0.15, -0.1) is 0 Å². The first-order valence-corrected chi connectivity index (χ1v) is 13.3. The van der Waals surface area contributed by atoms with Gasteiger partial charge in [0.25, 0.3) is 0 Å². The number of carbonyl (C=O) groups is 1. The summed E-state index contributed by atoms with van der Waals surface area (Å²) in [4.78, 5) is 16.3. The quantitative estimate of drug-likeness (QED) is 0.273. The van der Waals surface area contributed by atoms with Crippen molar-refractivity contribution in [2.75, 3.05) is 7.11 Å². The van der Waals surface area contributed by atoms with Crippen LogP contribution in [0.2, 0.25) is 0 Å². The van der Waals surface area contributed by atoms with Crippen molar-refractivity contribution in [1.29, 1.82) is 0 Å². The number of hydrogen-bond donors (Lipinski definition) is 0. The molecule has 3 heterocycles. The fourth-order valence-electron chi connectivity index (χ4n) is 6.08. The number of nitrogens with zero attached hydrogens (tertiary/aromatic N) is 2. The fraction of sp³-hybridized carbons (Fsp3) is 0.333. The number of pyridine rings is 1. The molecule has 0 radical (unpaired) electrons. The second-order valence-electron chi connectivity index (χ2n) is 11.9. The van der Waals surface area contributed by atoms with Gasteiger partial charge in [-0.3, -0.25) is 4.98 Å². The first-order valence-electron chi connectivity index (χ1n) is 13.3. The zero-order valence-electron chi connectivity index (χ0n) is 22.8. The molecule has 0 saturated heterocycles. The summed E-state index contributed by atoms with van der Waals surface area (Å²) in [5.74, 6) is 0.625. The maximum absolute atomic E-state index is 12.0. The van der Waals surface area contributed by atoms with Crippen LogP contribution in [0.15, 0.2) is 67.1 Å². The molecule has 0 amide bonds. The monoisotopic (exact) mass is 506 g/mol. The second kappa shape index (κ2) is 8.87. The summed E-state index contributed by atoms with van der Waals surface area (Å²) in [6.45, 7) is 10.6. The van der Waals surface area contributed by atoms with Crippen LogP contribution in [0, 0.1) is 0 Å². The zero-order valence-corrected chi connectivity index (χ0v) is 22.8. The average Bonchev–Trinajstić information content (AvgIpc) is 3.29. The van der Waals surface area contributed by atoms with Crippen molar-refractivity contribution in [3.63, 3.8) is 0 Å². The lowest BCUT2D eigenvalue weighted by atomic mass is 9.62. The summed E-state index contributed by atoms with van der Waals surface area (Å²) in [5.41, 5.74) is 10.4. The van der Waals surface area contributed by atoms with Crippen LogP contribution in [-0.2, 0) is 28.7 Å². The van der Waals surface area contributed by atoms with Crippen molar-refractivity contribution in [1.82, 2.24) is 9.55 Å². The molecule has 0 unspecified atom stereocenters. The van der Waals surface area contributed by atoms with E-state index in [1.54, 1.807) is 0 Å². The molecule has 6 rings (SSSR count). The van der Waals surface area contributed by atoms with Crippen LogP contribution in [-0.4, -0.2) is 22.6 Å². The molecule has 4 aromatic rings. The summed E-state index contributed by atoms with van der Waals surface area (Å²) in [5, 5.41) is 0. The fourth-order valence-corrected chi connectivity index (χ4v) is 6.08. The standard InChI is InChI=1S/C33H34N2O3/c1-32(2)12-13-33(3,4)28-16-29-24(15-27(28)32)30-26(20-38-29)25(19-35(30)18-21-7-6-14-34-17-21)22-8-10-23(11-9-22)31(36)37-5/h6-11,14-17,19H,12-13,18,20H2,1-5H3. The topological polar surface area (TPSA) is 53.4 Å². The smallest absolute Gasteiger partial charge is 0.337 e. The number of hydrogen-bond acceptors (Lipinski definition) is 4. The number of methoxy groups -OCH3 is 1. The van der Waals surface area contributed by atoms with Gasteiger partial charge in [0.15, 0.2) is 0 Å². The summed E-state index contributed by atoms with van der Waals surface area (Å²) >= 11 is 0. The molecule has 1 aliphatic heterocycles. The first-order chi connectivity index (χ1) is 18.2. The average molecular weight is 507 g/mol. The molecule has 0 N–H and O–H groups in total. The molecule has 2 aliphatic rings. The van der Waals surface area contributed by atoms with E-state index in [0.717, 1.165) is 34.4 Å². The Morgan fingerprint density at radius 1 is 1.00 bits per heavy atom. The zero-order chi connectivity index (χ0) is 26.7. The SMILES string of the molecule is COC(=O)c1ccc(-c2cn(Cc3cccnc3)c3c2COc2cc4c(cc2-3)C(C)(C)CCC4(C)C)cc1. The van der Waals surface area contributed by atoms with Crippen LogP contribution in [0.3, 0.4) is 0 Å². The van der Waals surface area contributed by atoms with Gasteiger partial charge < -0.3 is 14.0 Å². The number of rotatable bonds is 4. The Bertz CT molecular complexity index is 1530. The van der Waals surface area contributed by atoms with E-state index in [9.17, 15) is 4.79 Å². The first kappa shape index (κ1) is 24.5. The van der Waals surface area contributed by atoms with E-state index in [1.165, 1.54) is 35.9 Å². The predicted octanol–water partition coefficient (Wildman–Crippen LogP) is 7.29. The number of fused-ring (bicyclic) bond motifs is 4. The largest absolute Gasteiger partial charge is 0.488 e. The molecular formula is C33H34N2O3. The molecule has 2 aromatic carbocycles. The Labute approximate surface area is 224 Å². The Balaban J connectivity index is 1.54. The van der Waals surface area contributed by atoms with Crippen LogP contribution in [0.5, 0.6) is 5.75 Å². The van der Waals surface area contributed by atoms with Gasteiger partial charge in [-0.1, -0.05) is 45.9 Å². The van der Waals surface area contributed by atoms with Gasteiger partial charge in [0, 0.05) is 41.8 Å². The van der Waals surface area contributed by atoms with Gasteiger partial charge >= 0.3 is 5.97 Å². The van der Waals surface area contributed by atoms with Gasteiger partial charge in [0.2, 0.25) is 0 Å². The van der Waals surface area contributed by atoms with E-state index >= 15 is 0 Å². The van der Waals surface area contributed by atoms with Crippen molar-refractivity contribution in [3.05, 3.63) is 94.9 Å². The molecule has 5 heteroatoms. The van der Waals surface area contributed by atoms with Crippen molar-refractivity contribution < 1.29 is 14.3 Å². The van der Waals surface area contributed by atoms with E-state index in [2.05, 4.69) is 61.6 Å². The van der Waals surface area contributed by atoms with Crippen LogP contribution >= 0.6 is 0 Å². The van der Waals surface area contributed by atoms with Gasteiger partial charge in [-0.25, -0.2) is 4.79 Å². The van der Waals surface area contributed by atoms with Gasteiger partial charge in [-0.05, 0) is 76.3 Å². The van der Waals surface area contributed by atoms with Crippen molar-refractivity contribution >= 4 is 5.97 Å². The van der Waals surface area contributed by atoms with Crippen LogP contribution in [0.1, 0.15) is 73.1 Å². The van der Waals surface area contributed by atoms with Crippen LogP contribution in [0.25, 0.3) is 22.4 Å². The highest BCUT2D eigenvalue weighted by atomic mass is 16.5. The lowest BCUT2D eigenvalue weighted by Crippen LogP contribution is -2.34. The minimum atomic E-state index is -0.333. The molecule has 0 saturated carbocycles. The number of benzene rings is 2. The van der Waals surface area contributed by atoms with Crippen LogP contribution < -0.4 is 4.74 Å². The molecular weight excluding hydrogens is 472 g/mol. The molecule has 0 atom stereocenters. The molecule has 5 nitrogen and oxygen atoms in total. The van der Waals surface area contributed by atoms with Gasteiger partial charge in [0.05, 0.1) is 18.4 Å². The highest BCUT2D eigenvalue weighted by molar-refractivity contribution is 5.90. The molecule has 194 valence electrons. The molecule has 1 aliphatic carbocycles. The number of ether oxygens (including phenoxy) is 2. The number of carbonyl (C=O) groups excluding carboxylic acids is 1. The lowest BCUT2D eigenvalue weighted by Gasteiger charge is -2.42. The van der Waals surface area contributed by atoms with E-state index in [4.69, 9.17) is 9.47 Å². The molecule has 0 spiro atoms. The van der Waals surface area contributed by atoms with Gasteiger partial charge in [-0.2, -0.15) is 0 Å². The maximum Gasteiger partial charge on any atom is 0.337 e. The number of aromatic nitrogens is 2. The van der Waals surface area contributed by atoms with E-state index in [1.807, 2.05) is 42.7 Å². The minimum absolute atomic E-state index is 0.102. The summed E-state index contributed by atoms with van der Waals surface area (Å²) in [6, 6.07) is 16.4. The molecule has 0 bridgehead atoms. The highest BCUT2D eigenvalue weighted by Gasteiger charge is 2.39. The van der Waals surface area contributed by atoms with Crippen molar-refractivity contribution in [2.24, 2.45) is 0 Å². The predicted molar refractivity (Wildman–Crippen MR) is 150 cm³/mol. The second-order valence-corrected chi connectivity index (χ2v) is 11.9. The minimum Gasteiger partial charge on any atom is -0.488 e. The van der Waals surface area contributed by atoms with E-state index < -0.39 is 0 Å².